The summed E-state index contributed by atoms with van der Waals surface area (Å²) in [4.78, 5) is 0. The lowest BCUT2D eigenvalue weighted by Crippen LogP contribution is -2.20. The van der Waals surface area contributed by atoms with Crippen molar-refractivity contribution in [3.63, 3.8) is 0 Å². The maximum atomic E-state index is 5.39. The molecule has 0 aromatic rings. The highest BCUT2D eigenvalue weighted by Gasteiger charge is 2.19. The van der Waals surface area contributed by atoms with E-state index in [0.717, 1.165) is 19.6 Å². The summed E-state index contributed by atoms with van der Waals surface area (Å²) in [6, 6.07) is 0. The first kappa shape index (κ1) is 11.0. The first-order valence-electron chi connectivity index (χ1n) is 4.35. The van der Waals surface area contributed by atoms with Crippen molar-refractivity contribution in [2.24, 2.45) is 5.41 Å². The molecule has 0 aliphatic carbocycles. The maximum Gasteiger partial charge on any atom is 0.0517 e. The lowest BCUT2D eigenvalue weighted by Gasteiger charge is -2.25. The fourth-order valence-corrected chi connectivity index (χ4v) is 1.39. The predicted molar refractivity (Wildman–Crippen MR) is 49.5 cm³/mol. The van der Waals surface area contributed by atoms with Crippen LogP contribution >= 0.6 is 0 Å². The van der Waals surface area contributed by atoms with Crippen LogP contribution in [-0.4, -0.2) is 13.2 Å². The van der Waals surface area contributed by atoms with Crippen LogP contribution in [0.1, 0.15) is 41.0 Å². The molecule has 0 bridgehead atoms. The van der Waals surface area contributed by atoms with Crippen LogP contribution in [0.3, 0.4) is 0 Å². The van der Waals surface area contributed by atoms with Gasteiger partial charge in [-0.1, -0.05) is 27.7 Å². The molecular weight excluding hydrogens is 136 g/mol. The molecule has 0 aromatic heterocycles. The average Bonchev–Trinajstić information content (AvgIpc) is 1.81. The first-order valence-corrected chi connectivity index (χ1v) is 4.35. The molecule has 1 nitrogen and oxygen atoms in total. The molecule has 0 aromatic carbocycles. The van der Waals surface area contributed by atoms with Gasteiger partial charge in [0.15, 0.2) is 0 Å². The first-order chi connectivity index (χ1) is 4.98. The van der Waals surface area contributed by atoms with E-state index in [1.165, 1.54) is 5.92 Å². The quantitative estimate of drug-likeness (QED) is 0.596. The van der Waals surface area contributed by atoms with Gasteiger partial charge in [0.2, 0.25) is 0 Å². The zero-order valence-corrected chi connectivity index (χ0v) is 8.53. The van der Waals surface area contributed by atoms with Crippen LogP contribution < -0.4 is 0 Å². The van der Waals surface area contributed by atoms with Gasteiger partial charge in [-0.3, -0.25) is 0 Å². The molecule has 0 aliphatic heterocycles. The maximum absolute atomic E-state index is 5.39. The van der Waals surface area contributed by atoms with E-state index in [4.69, 9.17) is 4.74 Å². The molecule has 0 N–H and O–H groups in total. The number of rotatable bonds is 5. The summed E-state index contributed by atoms with van der Waals surface area (Å²) in [5, 5.41) is 0. The van der Waals surface area contributed by atoms with Crippen LogP contribution in [0.4, 0.5) is 0 Å². The monoisotopic (exact) mass is 157 g/mol. The Morgan fingerprint density at radius 3 is 2.18 bits per heavy atom. The number of hydrogen-bond acceptors (Lipinski definition) is 1. The van der Waals surface area contributed by atoms with Crippen molar-refractivity contribution in [3.8, 4) is 0 Å². The second-order valence-corrected chi connectivity index (χ2v) is 4.19. The second-order valence-electron chi connectivity index (χ2n) is 4.19. The molecule has 1 heteroatoms. The highest BCUT2D eigenvalue weighted by molar-refractivity contribution is 4.85. The molecule has 0 heterocycles. The molecule has 0 amide bonds. The van der Waals surface area contributed by atoms with Crippen molar-refractivity contribution in [1.82, 2.24) is 0 Å². The Labute approximate surface area is 71.1 Å². The lowest BCUT2D eigenvalue weighted by molar-refractivity contribution is 0.0683. The summed E-state index contributed by atoms with van der Waals surface area (Å²) in [7, 11) is 0. The third-order valence-corrected chi connectivity index (χ3v) is 1.53. The minimum absolute atomic E-state index is 0.314. The van der Waals surface area contributed by atoms with Crippen LogP contribution in [0, 0.1) is 11.3 Å². The van der Waals surface area contributed by atoms with Gasteiger partial charge in [0.1, 0.15) is 0 Å². The Balaban J connectivity index is 3.61. The molecule has 0 spiro atoms. The van der Waals surface area contributed by atoms with Gasteiger partial charge in [0.05, 0.1) is 6.61 Å². The van der Waals surface area contributed by atoms with E-state index < -0.39 is 0 Å². The van der Waals surface area contributed by atoms with E-state index in [9.17, 15) is 0 Å². The third-order valence-electron chi connectivity index (χ3n) is 1.53. The zero-order valence-electron chi connectivity index (χ0n) is 8.53. The highest BCUT2D eigenvalue weighted by atomic mass is 16.5. The summed E-state index contributed by atoms with van der Waals surface area (Å²) in [6.45, 7) is 12.6. The van der Waals surface area contributed by atoms with Crippen LogP contribution in [0.5, 0.6) is 0 Å². The average molecular weight is 157 g/mol. The van der Waals surface area contributed by atoms with Crippen LogP contribution in [0.25, 0.3) is 0 Å². The Hall–Kier alpha value is -0.0400. The van der Waals surface area contributed by atoms with Crippen molar-refractivity contribution in [3.05, 3.63) is 5.92 Å². The normalized spacial score (nSPS) is 12.5. The molecule has 0 saturated carbocycles. The molecule has 0 rings (SSSR count). The van der Waals surface area contributed by atoms with Gasteiger partial charge in [0, 0.05) is 6.61 Å². The summed E-state index contributed by atoms with van der Waals surface area (Å²) in [5.41, 5.74) is 0.314. The van der Waals surface area contributed by atoms with Crippen LogP contribution in [0.2, 0.25) is 0 Å². The highest BCUT2D eigenvalue weighted by Crippen LogP contribution is 2.26. The molecule has 0 saturated heterocycles. The van der Waals surface area contributed by atoms with Crippen molar-refractivity contribution in [2.75, 3.05) is 13.2 Å². The fraction of sp³-hybridized carbons (Fsp3) is 0.900. The van der Waals surface area contributed by atoms with Gasteiger partial charge in [-0.05, 0) is 24.7 Å². The minimum Gasteiger partial charge on any atom is -0.381 e. The van der Waals surface area contributed by atoms with E-state index in [1.54, 1.807) is 0 Å². The molecule has 1 radical (unpaired) electrons. The van der Waals surface area contributed by atoms with Crippen LogP contribution in [0.15, 0.2) is 0 Å². The van der Waals surface area contributed by atoms with Gasteiger partial charge >= 0.3 is 0 Å². The third kappa shape index (κ3) is 6.36. The summed E-state index contributed by atoms with van der Waals surface area (Å²) < 4.78 is 5.39. The van der Waals surface area contributed by atoms with Crippen molar-refractivity contribution < 1.29 is 4.74 Å². The molecule has 0 atom stereocenters. The van der Waals surface area contributed by atoms with Gasteiger partial charge in [0.25, 0.3) is 0 Å². The van der Waals surface area contributed by atoms with Gasteiger partial charge in [-0.2, -0.15) is 0 Å². The Kier molecular flexibility index (Phi) is 4.74. The van der Waals surface area contributed by atoms with E-state index in [2.05, 4.69) is 27.7 Å². The number of ether oxygens (including phenoxy) is 1. The minimum atomic E-state index is 0.314. The fourth-order valence-electron chi connectivity index (χ4n) is 1.39. The molecule has 0 unspecified atom stereocenters. The van der Waals surface area contributed by atoms with Gasteiger partial charge < -0.3 is 4.74 Å². The standard InChI is InChI=1S/C10H21O/c1-6-11-8-10(4,5)7-9(2)3/h6-8H2,1-5H3. The molecule has 0 aliphatic rings. The van der Waals surface area contributed by atoms with Crippen molar-refractivity contribution in [1.29, 1.82) is 0 Å². The van der Waals surface area contributed by atoms with Crippen molar-refractivity contribution in [2.45, 2.75) is 41.0 Å². The van der Waals surface area contributed by atoms with Gasteiger partial charge in [-0.15, -0.1) is 0 Å². The van der Waals surface area contributed by atoms with E-state index >= 15 is 0 Å². The Bertz CT molecular complexity index is 95.0. The summed E-state index contributed by atoms with van der Waals surface area (Å²) in [6.07, 6.45) is 1.16. The van der Waals surface area contributed by atoms with E-state index in [-0.39, 0.29) is 0 Å². The second kappa shape index (κ2) is 4.76. The van der Waals surface area contributed by atoms with Crippen molar-refractivity contribution >= 4 is 0 Å². The molecule has 67 valence electrons. The lowest BCUT2D eigenvalue weighted by atomic mass is 9.85. The van der Waals surface area contributed by atoms with Crippen LogP contribution in [-0.2, 0) is 4.74 Å². The molecule has 11 heavy (non-hydrogen) atoms. The molecular formula is C10H21O. The molecule has 0 fully saturated rings. The largest absolute Gasteiger partial charge is 0.381 e. The van der Waals surface area contributed by atoms with Gasteiger partial charge in [-0.25, -0.2) is 0 Å². The predicted octanol–water partition coefficient (Wildman–Crippen LogP) is 3.05. The number of hydrogen-bond donors (Lipinski definition) is 0. The SMILES string of the molecule is CCOCC(C)(C)C[C](C)C. The summed E-state index contributed by atoms with van der Waals surface area (Å²) in [5.74, 6) is 1.48. The summed E-state index contributed by atoms with van der Waals surface area (Å²) >= 11 is 0. The van der Waals surface area contributed by atoms with E-state index in [1.807, 2.05) is 6.92 Å². The van der Waals surface area contributed by atoms with E-state index in [0.29, 0.717) is 5.41 Å². The Morgan fingerprint density at radius 1 is 1.27 bits per heavy atom. The Morgan fingerprint density at radius 2 is 1.82 bits per heavy atom. The zero-order chi connectivity index (χ0) is 8.91. The topological polar surface area (TPSA) is 9.23 Å². The smallest absolute Gasteiger partial charge is 0.0517 e.